The number of nitrogens with one attached hydrogen (secondary N) is 1. The maximum atomic E-state index is 5.29. The number of thiazole rings is 1. The second kappa shape index (κ2) is 4.07. The highest BCUT2D eigenvalue weighted by Gasteiger charge is 2.14. The molecule has 1 aromatic heterocycles. The van der Waals surface area contributed by atoms with Crippen LogP contribution in [0.1, 0.15) is 18.5 Å². The fourth-order valence-corrected chi connectivity index (χ4v) is 2.20. The molecule has 0 atom stereocenters. The number of aromatic nitrogens is 1. The molecule has 13 heavy (non-hydrogen) atoms. The van der Waals surface area contributed by atoms with Crippen molar-refractivity contribution in [3.05, 3.63) is 11.1 Å². The van der Waals surface area contributed by atoms with E-state index in [9.17, 15) is 0 Å². The van der Waals surface area contributed by atoms with Gasteiger partial charge in [0.15, 0.2) is 5.13 Å². The van der Waals surface area contributed by atoms with Gasteiger partial charge in [-0.15, -0.1) is 11.3 Å². The predicted molar refractivity (Wildman–Crippen MR) is 54.3 cm³/mol. The number of hydrogen-bond donors (Lipinski definition) is 1. The Morgan fingerprint density at radius 1 is 1.54 bits per heavy atom. The average Bonchev–Trinajstić information content (AvgIpc) is 2.53. The number of hydrogen-bond acceptors (Lipinski definition) is 4. The summed E-state index contributed by atoms with van der Waals surface area (Å²) in [5.74, 6) is 0. The second-order valence-electron chi connectivity index (χ2n) is 3.33. The van der Waals surface area contributed by atoms with E-state index in [0.717, 1.165) is 36.9 Å². The van der Waals surface area contributed by atoms with Crippen molar-refractivity contribution in [2.24, 2.45) is 0 Å². The molecule has 72 valence electrons. The van der Waals surface area contributed by atoms with Gasteiger partial charge in [0.05, 0.1) is 5.69 Å². The fourth-order valence-electron chi connectivity index (χ4n) is 1.44. The molecule has 1 N–H and O–H groups in total. The summed E-state index contributed by atoms with van der Waals surface area (Å²) in [6.07, 6.45) is 2.19. The lowest BCUT2D eigenvalue weighted by Gasteiger charge is -2.22. The number of ether oxygens (including phenoxy) is 1. The molecular formula is C9H14N2OS. The quantitative estimate of drug-likeness (QED) is 0.789. The van der Waals surface area contributed by atoms with E-state index >= 15 is 0 Å². The van der Waals surface area contributed by atoms with Crippen molar-refractivity contribution in [1.29, 1.82) is 0 Å². The van der Waals surface area contributed by atoms with Crippen LogP contribution < -0.4 is 5.32 Å². The van der Waals surface area contributed by atoms with Crippen LogP contribution in [0.25, 0.3) is 0 Å². The first-order chi connectivity index (χ1) is 6.34. The van der Waals surface area contributed by atoms with Crippen LogP contribution >= 0.6 is 11.3 Å². The van der Waals surface area contributed by atoms with Gasteiger partial charge < -0.3 is 10.1 Å². The lowest BCUT2D eigenvalue weighted by molar-refractivity contribution is 0.0904. The van der Waals surface area contributed by atoms with Gasteiger partial charge in [0.1, 0.15) is 0 Å². The van der Waals surface area contributed by atoms with Gasteiger partial charge in [-0.1, -0.05) is 0 Å². The lowest BCUT2D eigenvalue weighted by atomic mass is 10.1. The summed E-state index contributed by atoms with van der Waals surface area (Å²) in [4.78, 5) is 4.37. The normalized spacial score (nSPS) is 18.8. The van der Waals surface area contributed by atoms with E-state index in [-0.39, 0.29) is 0 Å². The van der Waals surface area contributed by atoms with Crippen molar-refractivity contribution in [2.45, 2.75) is 25.8 Å². The Kier molecular flexibility index (Phi) is 2.80. The smallest absolute Gasteiger partial charge is 0.183 e. The highest BCUT2D eigenvalue weighted by molar-refractivity contribution is 7.13. The number of anilines is 1. The lowest BCUT2D eigenvalue weighted by Crippen LogP contribution is -2.27. The Balaban J connectivity index is 1.89. The van der Waals surface area contributed by atoms with Crippen LogP contribution in [0, 0.1) is 6.92 Å². The molecule has 0 amide bonds. The number of rotatable bonds is 2. The van der Waals surface area contributed by atoms with E-state index in [1.807, 2.05) is 6.92 Å². The third kappa shape index (κ3) is 2.42. The van der Waals surface area contributed by atoms with Crippen LogP contribution in [0.2, 0.25) is 0 Å². The Labute approximate surface area is 82.1 Å². The van der Waals surface area contributed by atoms with Crippen LogP contribution in [0.3, 0.4) is 0 Å². The van der Waals surface area contributed by atoms with Crippen LogP contribution in [0.15, 0.2) is 5.38 Å². The Morgan fingerprint density at radius 2 is 2.31 bits per heavy atom. The minimum atomic E-state index is 0.555. The predicted octanol–water partition coefficient (Wildman–Crippen LogP) is 2.04. The summed E-state index contributed by atoms with van der Waals surface area (Å²) < 4.78 is 5.29. The first-order valence-corrected chi connectivity index (χ1v) is 5.49. The third-order valence-electron chi connectivity index (χ3n) is 2.17. The summed E-state index contributed by atoms with van der Waals surface area (Å²) in [6, 6.07) is 0.555. The summed E-state index contributed by atoms with van der Waals surface area (Å²) >= 11 is 1.68. The molecule has 1 aliphatic heterocycles. The van der Waals surface area contributed by atoms with E-state index in [0.29, 0.717) is 6.04 Å². The van der Waals surface area contributed by atoms with Gasteiger partial charge in [0, 0.05) is 24.6 Å². The van der Waals surface area contributed by atoms with E-state index < -0.39 is 0 Å². The van der Waals surface area contributed by atoms with Gasteiger partial charge in [0.2, 0.25) is 0 Å². The van der Waals surface area contributed by atoms with Crippen LogP contribution in [0.5, 0.6) is 0 Å². The largest absolute Gasteiger partial charge is 0.381 e. The van der Waals surface area contributed by atoms with E-state index in [1.165, 1.54) is 0 Å². The van der Waals surface area contributed by atoms with Crippen molar-refractivity contribution < 1.29 is 4.74 Å². The van der Waals surface area contributed by atoms with Crippen molar-refractivity contribution in [3.8, 4) is 0 Å². The zero-order valence-corrected chi connectivity index (χ0v) is 8.56. The zero-order chi connectivity index (χ0) is 9.10. The van der Waals surface area contributed by atoms with Crippen molar-refractivity contribution in [3.63, 3.8) is 0 Å². The molecule has 1 aromatic rings. The molecule has 0 bridgehead atoms. The van der Waals surface area contributed by atoms with Crippen LogP contribution in [-0.2, 0) is 4.74 Å². The highest BCUT2D eigenvalue weighted by atomic mass is 32.1. The van der Waals surface area contributed by atoms with Gasteiger partial charge >= 0.3 is 0 Å². The first-order valence-electron chi connectivity index (χ1n) is 4.61. The maximum Gasteiger partial charge on any atom is 0.183 e. The van der Waals surface area contributed by atoms with Crippen LogP contribution in [-0.4, -0.2) is 24.2 Å². The van der Waals surface area contributed by atoms with Crippen molar-refractivity contribution in [2.75, 3.05) is 18.5 Å². The third-order valence-corrected chi connectivity index (χ3v) is 3.06. The molecule has 2 rings (SSSR count). The second-order valence-corrected chi connectivity index (χ2v) is 4.18. The summed E-state index contributed by atoms with van der Waals surface area (Å²) in [5.41, 5.74) is 1.10. The monoisotopic (exact) mass is 198 g/mol. The highest BCUT2D eigenvalue weighted by Crippen LogP contribution is 2.18. The molecule has 3 nitrogen and oxygen atoms in total. The molecule has 1 fully saturated rings. The molecule has 1 aliphatic rings. The van der Waals surface area contributed by atoms with Gasteiger partial charge in [-0.3, -0.25) is 0 Å². The van der Waals surface area contributed by atoms with Crippen molar-refractivity contribution in [1.82, 2.24) is 4.98 Å². The van der Waals surface area contributed by atoms with E-state index in [1.54, 1.807) is 11.3 Å². The molecule has 4 heteroatoms. The molecule has 1 saturated heterocycles. The molecule has 0 aromatic carbocycles. The molecule has 0 spiro atoms. The number of aryl methyl sites for hydroxylation is 1. The Bertz CT molecular complexity index is 268. The van der Waals surface area contributed by atoms with Gasteiger partial charge in [-0.2, -0.15) is 0 Å². The molecular weight excluding hydrogens is 184 g/mol. The van der Waals surface area contributed by atoms with Crippen molar-refractivity contribution >= 4 is 16.5 Å². The summed E-state index contributed by atoms with van der Waals surface area (Å²) in [7, 11) is 0. The molecule has 0 unspecified atom stereocenters. The minimum absolute atomic E-state index is 0.555. The molecule has 0 radical (unpaired) electrons. The zero-order valence-electron chi connectivity index (χ0n) is 7.75. The van der Waals surface area contributed by atoms with E-state index in [2.05, 4.69) is 15.7 Å². The van der Waals surface area contributed by atoms with E-state index in [4.69, 9.17) is 4.74 Å². The first kappa shape index (κ1) is 8.97. The van der Waals surface area contributed by atoms with Gasteiger partial charge in [-0.05, 0) is 19.8 Å². The molecule has 0 aliphatic carbocycles. The molecule has 2 heterocycles. The number of nitrogens with zero attached hydrogens (tertiary/aromatic N) is 1. The Hall–Kier alpha value is -0.610. The Morgan fingerprint density at radius 3 is 2.92 bits per heavy atom. The fraction of sp³-hybridized carbons (Fsp3) is 0.667. The van der Waals surface area contributed by atoms with Gasteiger partial charge in [0.25, 0.3) is 0 Å². The SMILES string of the molecule is Cc1csc(NC2CCOCC2)n1. The average molecular weight is 198 g/mol. The topological polar surface area (TPSA) is 34.1 Å². The van der Waals surface area contributed by atoms with Gasteiger partial charge in [-0.25, -0.2) is 4.98 Å². The molecule has 0 saturated carbocycles. The summed E-state index contributed by atoms with van der Waals surface area (Å²) in [6.45, 7) is 3.77. The van der Waals surface area contributed by atoms with Crippen LogP contribution in [0.4, 0.5) is 5.13 Å². The minimum Gasteiger partial charge on any atom is -0.381 e. The maximum absolute atomic E-state index is 5.29. The summed E-state index contributed by atoms with van der Waals surface area (Å²) in [5, 5.41) is 6.55. The standard InChI is InChI=1S/C9H14N2OS/c1-7-6-13-9(10-7)11-8-2-4-12-5-3-8/h6,8H,2-5H2,1H3,(H,10,11).